The lowest BCUT2D eigenvalue weighted by Crippen LogP contribution is -2.43. The Labute approximate surface area is 127 Å². The molecule has 1 saturated heterocycles. The summed E-state index contributed by atoms with van der Waals surface area (Å²) in [6.45, 7) is 5.53. The molecule has 5 heteroatoms. The summed E-state index contributed by atoms with van der Waals surface area (Å²) in [5, 5.41) is 0. The van der Waals surface area contributed by atoms with E-state index in [0.717, 1.165) is 17.5 Å². The summed E-state index contributed by atoms with van der Waals surface area (Å²) in [7, 11) is -3.22. The maximum Gasteiger partial charge on any atom is 0.218 e. The van der Waals surface area contributed by atoms with Crippen molar-refractivity contribution in [3.63, 3.8) is 0 Å². The van der Waals surface area contributed by atoms with Crippen LogP contribution in [0, 0.1) is 11.8 Å². The molecule has 0 aliphatic carbocycles. The molecule has 0 bridgehead atoms. The molecule has 1 fully saturated rings. The van der Waals surface area contributed by atoms with E-state index in [1.54, 1.807) is 4.31 Å². The van der Waals surface area contributed by atoms with Crippen LogP contribution >= 0.6 is 11.6 Å². The maximum absolute atomic E-state index is 12.5. The van der Waals surface area contributed by atoms with Crippen molar-refractivity contribution < 1.29 is 8.42 Å². The normalized spacial score (nSPS) is 24.8. The van der Waals surface area contributed by atoms with Gasteiger partial charge >= 0.3 is 0 Å². The molecule has 1 aliphatic heterocycles. The zero-order valence-electron chi connectivity index (χ0n) is 12.0. The third-order valence-electron chi connectivity index (χ3n) is 3.76. The third kappa shape index (κ3) is 3.96. The molecule has 2 rings (SSSR count). The van der Waals surface area contributed by atoms with E-state index in [1.165, 1.54) is 0 Å². The topological polar surface area (TPSA) is 37.4 Å². The van der Waals surface area contributed by atoms with Crippen molar-refractivity contribution in [3.05, 3.63) is 35.4 Å². The summed E-state index contributed by atoms with van der Waals surface area (Å²) >= 11 is 5.74. The van der Waals surface area contributed by atoms with Gasteiger partial charge in [-0.15, -0.1) is 11.6 Å². The van der Waals surface area contributed by atoms with Crippen LogP contribution in [-0.4, -0.2) is 25.8 Å². The molecule has 3 nitrogen and oxygen atoms in total. The Morgan fingerprint density at radius 3 is 2.10 bits per heavy atom. The molecule has 0 spiro atoms. The molecular formula is C15H22ClNO2S. The first-order chi connectivity index (χ1) is 9.40. The second-order valence-corrected chi connectivity index (χ2v) is 8.21. The van der Waals surface area contributed by atoms with Gasteiger partial charge in [-0.3, -0.25) is 0 Å². The van der Waals surface area contributed by atoms with E-state index in [-0.39, 0.29) is 5.75 Å². The molecule has 0 aromatic heterocycles. The van der Waals surface area contributed by atoms with Gasteiger partial charge in [-0.2, -0.15) is 0 Å². The Hall–Kier alpha value is -0.580. The van der Waals surface area contributed by atoms with Gasteiger partial charge in [0.2, 0.25) is 10.0 Å². The minimum absolute atomic E-state index is 0.0784. The van der Waals surface area contributed by atoms with Crippen LogP contribution < -0.4 is 0 Å². The van der Waals surface area contributed by atoms with Crippen molar-refractivity contribution in [3.8, 4) is 0 Å². The Morgan fingerprint density at radius 2 is 1.60 bits per heavy atom. The smallest absolute Gasteiger partial charge is 0.212 e. The number of alkyl halides is 1. The minimum atomic E-state index is -3.22. The van der Waals surface area contributed by atoms with Crippen molar-refractivity contribution in [2.24, 2.45) is 11.8 Å². The van der Waals surface area contributed by atoms with Crippen LogP contribution in [-0.2, 0) is 21.7 Å². The first-order valence-electron chi connectivity index (χ1n) is 7.02. The lowest BCUT2D eigenvalue weighted by molar-refractivity contribution is 0.222. The number of nitrogens with zero attached hydrogens (tertiary/aromatic N) is 1. The molecular weight excluding hydrogens is 294 g/mol. The molecule has 2 atom stereocenters. The van der Waals surface area contributed by atoms with Gasteiger partial charge in [0.05, 0.1) is 5.75 Å². The molecule has 20 heavy (non-hydrogen) atoms. The average molecular weight is 316 g/mol. The number of hydrogen-bond acceptors (Lipinski definition) is 2. The molecule has 0 radical (unpaired) electrons. The van der Waals surface area contributed by atoms with Gasteiger partial charge < -0.3 is 0 Å². The molecule has 0 N–H and O–H groups in total. The zero-order chi connectivity index (χ0) is 14.8. The molecule has 1 aromatic rings. The monoisotopic (exact) mass is 315 g/mol. The number of benzene rings is 1. The van der Waals surface area contributed by atoms with E-state index in [9.17, 15) is 8.42 Å². The summed E-state index contributed by atoms with van der Waals surface area (Å²) in [5.74, 6) is 1.41. The summed E-state index contributed by atoms with van der Waals surface area (Å²) in [5.41, 5.74) is 1.83. The summed E-state index contributed by atoms with van der Waals surface area (Å²) < 4.78 is 26.7. The fraction of sp³-hybridized carbons (Fsp3) is 0.600. The van der Waals surface area contributed by atoms with Gasteiger partial charge in [-0.05, 0) is 29.4 Å². The Kier molecular flexibility index (Phi) is 5.10. The predicted molar refractivity (Wildman–Crippen MR) is 83.1 cm³/mol. The Morgan fingerprint density at radius 1 is 1.10 bits per heavy atom. The second kappa shape index (κ2) is 6.46. The van der Waals surface area contributed by atoms with Crippen LogP contribution in [0.1, 0.15) is 31.4 Å². The molecule has 2 unspecified atom stereocenters. The number of hydrogen-bond donors (Lipinski definition) is 0. The molecule has 1 heterocycles. The fourth-order valence-electron chi connectivity index (χ4n) is 2.86. The molecule has 1 aromatic carbocycles. The molecule has 0 amide bonds. The lowest BCUT2D eigenvalue weighted by Gasteiger charge is -2.34. The largest absolute Gasteiger partial charge is 0.218 e. The number of piperidine rings is 1. The van der Waals surface area contributed by atoms with Crippen molar-refractivity contribution in [2.45, 2.75) is 31.9 Å². The first kappa shape index (κ1) is 15.8. The van der Waals surface area contributed by atoms with Gasteiger partial charge in [0.1, 0.15) is 0 Å². The highest BCUT2D eigenvalue weighted by Gasteiger charge is 2.30. The number of rotatable bonds is 4. The Bertz CT molecular complexity index is 531. The highest BCUT2D eigenvalue weighted by molar-refractivity contribution is 7.88. The van der Waals surface area contributed by atoms with Crippen molar-refractivity contribution in [2.75, 3.05) is 13.1 Å². The van der Waals surface area contributed by atoms with Crippen molar-refractivity contribution >= 4 is 21.6 Å². The first-order valence-corrected chi connectivity index (χ1v) is 9.16. The second-order valence-electron chi connectivity index (χ2n) is 5.97. The van der Waals surface area contributed by atoms with Gasteiger partial charge in [0.15, 0.2) is 0 Å². The minimum Gasteiger partial charge on any atom is -0.212 e. The predicted octanol–water partition coefficient (Wildman–Crippen LogP) is 3.23. The highest BCUT2D eigenvalue weighted by Crippen LogP contribution is 2.24. The average Bonchev–Trinajstić information content (AvgIpc) is 2.38. The summed E-state index contributed by atoms with van der Waals surface area (Å²) in [4.78, 5) is 0. The SMILES string of the molecule is CC1CC(C)CN(S(=O)(=O)Cc2ccc(CCl)cc2)C1. The molecule has 1 aliphatic rings. The van der Waals surface area contributed by atoms with Crippen LogP contribution in [0.3, 0.4) is 0 Å². The maximum atomic E-state index is 12.5. The van der Waals surface area contributed by atoms with Crippen LogP contribution in [0.15, 0.2) is 24.3 Å². The highest BCUT2D eigenvalue weighted by atomic mass is 35.5. The summed E-state index contributed by atoms with van der Waals surface area (Å²) in [6, 6.07) is 7.48. The van der Waals surface area contributed by atoms with Gasteiger partial charge in [-0.1, -0.05) is 38.1 Å². The Balaban J connectivity index is 2.09. The summed E-state index contributed by atoms with van der Waals surface area (Å²) in [6.07, 6.45) is 1.11. The van der Waals surface area contributed by atoms with Crippen LogP contribution in [0.2, 0.25) is 0 Å². The van der Waals surface area contributed by atoms with Crippen LogP contribution in [0.4, 0.5) is 0 Å². The van der Waals surface area contributed by atoms with Crippen molar-refractivity contribution in [1.82, 2.24) is 4.31 Å². The fourth-order valence-corrected chi connectivity index (χ4v) is 4.80. The van der Waals surface area contributed by atoms with E-state index >= 15 is 0 Å². The van der Waals surface area contributed by atoms with E-state index < -0.39 is 10.0 Å². The van der Waals surface area contributed by atoms with Gasteiger partial charge in [0.25, 0.3) is 0 Å². The van der Waals surface area contributed by atoms with E-state index in [2.05, 4.69) is 13.8 Å². The lowest BCUT2D eigenvalue weighted by atomic mass is 9.94. The standard InChI is InChI=1S/C15H22ClNO2S/c1-12-7-13(2)10-17(9-12)20(18,19)11-15-5-3-14(8-16)4-6-15/h3-6,12-13H,7-11H2,1-2H3. The van der Waals surface area contributed by atoms with Crippen LogP contribution in [0.5, 0.6) is 0 Å². The zero-order valence-corrected chi connectivity index (χ0v) is 13.6. The molecule has 112 valence electrons. The van der Waals surface area contributed by atoms with E-state index in [1.807, 2.05) is 24.3 Å². The number of sulfonamides is 1. The van der Waals surface area contributed by atoms with Gasteiger partial charge in [0, 0.05) is 19.0 Å². The third-order valence-corrected chi connectivity index (χ3v) is 5.85. The van der Waals surface area contributed by atoms with E-state index in [0.29, 0.717) is 30.8 Å². The van der Waals surface area contributed by atoms with Gasteiger partial charge in [-0.25, -0.2) is 12.7 Å². The van der Waals surface area contributed by atoms with Crippen LogP contribution in [0.25, 0.3) is 0 Å². The van der Waals surface area contributed by atoms with Crippen molar-refractivity contribution in [1.29, 1.82) is 0 Å². The number of halogens is 1. The quantitative estimate of drug-likeness (QED) is 0.800. The van der Waals surface area contributed by atoms with E-state index in [4.69, 9.17) is 11.6 Å². The molecule has 0 saturated carbocycles.